The predicted molar refractivity (Wildman–Crippen MR) is 86.3 cm³/mol. The summed E-state index contributed by atoms with van der Waals surface area (Å²) in [5, 5.41) is 11.6. The summed E-state index contributed by atoms with van der Waals surface area (Å²) in [4.78, 5) is 24.4. The molecule has 122 valence electrons. The molecule has 3 nitrogen and oxygen atoms in total. The van der Waals surface area contributed by atoms with Crippen LogP contribution in [0.25, 0.3) is 0 Å². The number of hydrogen-bond acceptors (Lipinski definition) is 3. The number of Topliss-reactive ketones (excluding diaryl/α,β-unsaturated/α-hetero) is 1. The molecule has 3 heteroatoms. The first-order chi connectivity index (χ1) is 10.8. The van der Waals surface area contributed by atoms with Crippen molar-refractivity contribution in [1.29, 1.82) is 0 Å². The van der Waals surface area contributed by atoms with Gasteiger partial charge in [0.2, 0.25) is 0 Å². The topological polar surface area (TPSA) is 57.2 Å². The molecular formula is C20H23O3-. The maximum Gasteiger partial charge on any atom is 0.165 e. The Bertz CT molecular complexity index is 671. The summed E-state index contributed by atoms with van der Waals surface area (Å²) < 4.78 is 0. The lowest BCUT2D eigenvalue weighted by Crippen LogP contribution is -2.33. The second-order valence-electron chi connectivity index (χ2n) is 7.71. The van der Waals surface area contributed by atoms with Crippen LogP contribution in [-0.2, 0) is 16.0 Å². The largest absolute Gasteiger partial charge is 0.550 e. The van der Waals surface area contributed by atoms with Gasteiger partial charge in [-0.2, -0.15) is 0 Å². The standard InChI is InChI=1S/C20H24O3/c1-19(2)16-9-10-20(19,3)17(21)15(16)12-14(18(22)23)11-13-7-5-4-6-8-13/h4-8,12,14,16H,9-11H2,1-3H3,(H,22,23)/p-1/b15-12+/t14-,16-,20+/m1/s1. The van der Waals surface area contributed by atoms with Gasteiger partial charge in [-0.25, -0.2) is 0 Å². The van der Waals surface area contributed by atoms with E-state index in [0.29, 0.717) is 12.0 Å². The molecule has 0 heterocycles. The number of carboxylic acids is 1. The smallest absolute Gasteiger partial charge is 0.165 e. The van der Waals surface area contributed by atoms with Gasteiger partial charge in [0.05, 0.1) is 0 Å². The minimum absolute atomic E-state index is 0.0981. The summed E-state index contributed by atoms with van der Waals surface area (Å²) in [6.07, 6.45) is 3.91. The highest BCUT2D eigenvalue weighted by Gasteiger charge is 2.63. The van der Waals surface area contributed by atoms with Crippen molar-refractivity contribution in [3.63, 3.8) is 0 Å². The van der Waals surface area contributed by atoms with Crippen molar-refractivity contribution in [3.05, 3.63) is 47.5 Å². The molecule has 2 saturated carbocycles. The van der Waals surface area contributed by atoms with Crippen LogP contribution in [0.5, 0.6) is 0 Å². The molecule has 0 N–H and O–H groups in total. The van der Waals surface area contributed by atoms with Gasteiger partial charge in [0.1, 0.15) is 0 Å². The van der Waals surface area contributed by atoms with Crippen LogP contribution in [0.4, 0.5) is 0 Å². The second kappa shape index (κ2) is 5.33. The Hall–Kier alpha value is -1.90. The summed E-state index contributed by atoms with van der Waals surface area (Å²) in [6.45, 7) is 6.30. The van der Waals surface area contributed by atoms with E-state index in [4.69, 9.17) is 0 Å². The molecule has 3 atom stereocenters. The number of ketones is 1. The van der Waals surface area contributed by atoms with Crippen LogP contribution in [0.1, 0.15) is 39.2 Å². The SMILES string of the molecule is CC1(C)[C@@H]2CC[C@@]1(C)C(=O)/C2=C/[C@@H](Cc1ccccc1)C(=O)[O-]. The van der Waals surface area contributed by atoms with Gasteiger partial charge in [0.15, 0.2) is 5.78 Å². The molecular weight excluding hydrogens is 288 g/mol. The molecule has 2 fully saturated rings. The highest BCUT2D eigenvalue weighted by atomic mass is 16.4. The fourth-order valence-electron chi connectivity index (χ4n) is 4.41. The van der Waals surface area contributed by atoms with Crippen LogP contribution in [0.3, 0.4) is 0 Å². The molecule has 2 aliphatic rings. The third kappa shape index (κ3) is 2.34. The molecule has 0 saturated heterocycles. The van der Waals surface area contributed by atoms with E-state index in [9.17, 15) is 14.7 Å². The maximum atomic E-state index is 12.8. The lowest BCUT2D eigenvalue weighted by Gasteiger charge is -2.31. The van der Waals surface area contributed by atoms with Crippen molar-refractivity contribution in [2.75, 3.05) is 0 Å². The number of carbonyl (C=O) groups excluding carboxylic acids is 2. The van der Waals surface area contributed by atoms with Gasteiger partial charge in [0.25, 0.3) is 0 Å². The normalized spacial score (nSPS) is 31.5. The van der Waals surface area contributed by atoms with E-state index < -0.39 is 11.9 Å². The zero-order chi connectivity index (χ0) is 16.8. The number of hydrogen-bond donors (Lipinski definition) is 0. The quantitative estimate of drug-likeness (QED) is 0.803. The minimum atomic E-state index is -1.11. The first kappa shape index (κ1) is 16.0. The van der Waals surface area contributed by atoms with Crippen LogP contribution in [0.2, 0.25) is 0 Å². The zero-order valence-electron chi connectivity index (χ0n) is 14.0. The van der Waals surface area contributed by atoms with Crippen LogP contribution >= 0.6 is 0 Å². The number of rotatable bonds is 4. The van der Waals surface area contributed by atoms with Crippen LogP contribution in [0.15, 0.2) is 42.0 Å². The number of carboxylic acid groups (broad SMARTS) is 1. The highest BCUT2D eigenvalue weighted by Crippen LogP contribution is 2.65. The van der Waals surface area contributed by atoms with E-state index >= 15 is 0 Å². The molecule has 2 bridgehead atoms. The Morgan fingerprint density at radius 1 is 1.30 bits per heavy atom. The van der Waals surface area contributed by atoms with Crippen molar-refractivity contribution in [3.8, 4) is 0 Å². The molecule has 0 aliphatic heterocycles. The number of carbonyl (C=O) groups is 2. The fourth-order valence-corrected chi connectivity index (χ4v) is 4.41. The van der Waals surface area contributed by atoms with Crippen LogP contribution in [0, 0.1) is 22.7 Å². The van der Waals surface area contributed by atoms with Crippen molar-refractivity contribution in [2.24, 2.45) is 22.7 Å². The van der Waals surface area contributed by atoms with Crippen molar-refractivity contribution >= 4 is 11.8 Å². The number of fused-ring (bicyclic) bond motifs is 2. The van der Waals surface area contributed by atoms with Crippen molar-refractivity contribution < 1.29 is 14.7 Å². The average Bonchev–Trinajstić information content (AvgIpc) is 2.81. The first-order valence-electron chi connectivity index (χ1n) is 8.28. The van der Waals surface area contributed by atoms with Gasteiger partial charge in [-0.05, 0) is 41.7 Å². The minimum Gasteiger partial charge on any atom is -0.550 e. The summed E-state index contributed by atoms with van der Waals surface area (Å²) in [5.74, 6) is -1.56. The molecule has 2 aliphatic carbocycles. The third-order valence-corrected chi connectivity index (χ3v) is 6.35. The first-order valence-corrected chi connectivity index (χ1v) is 8.28. The van der Waals surface area contributed by atoms with E-state index in [0.717, 1.165) is 18.4 Å². The summed E-state index contributed by atoms with van der Waals surface area (Å²) in [5.41, 5.74) is 1.21. The van der Waals surface area contributed by atoms with Crippen molar-refractivity contribution in [1.82, 2.24) is 0 Å². The summed E-state index contributed by atoms with van der Waals surface area (Å²) >= 11 is 0. The van der Waals surface area contributed by atoms with E-state index in [1.54, 1.807) is 6.08 Å². The Balaban J connectivity index is 1.93. The Kier molecular flexibility index (Phi) is 3.70. The van der Waals surface area contributed by atoms with Gasteiger partial charge >= 0.3 is 0 Å². The Morgan fingerprint density at radius 2 is 1.96 bits per heavy atom. The third-order valence-electron chi connectivity index (χ3n) is 6.35. The van der Waals surface area contributed by atoms with Gasteiger partial charge in [-0.1, -0.05) is 57.2 Å². The van der Waals surface area contributed by atoms with Crippen LogP contribution < -0.4 is 5.11 Å². The van der Waals surface area contributed by atoms with E-state index in [2.05, 4.69) is 13.8 Å². The molecule has 1 aromatic rings. The van der Waals surface area contributed by atoms with Gasteiger partial charge in [-0.3, -0.25) is 4.79 Å². The van der Waals surface area contributed by atoms with Crippen molar-refractivity contribution in [2.45, 2.75) is 40.0 Å². The molecule has 0 aromatic heterocycles. The second-order valence-corrected chi connectivity index (χ2v) is 7.71. The number of aliphatic carboxylic acids is 1. The molecule has 1 aromatic carbocycles. The van der Waals surface area contributed by atoms with E-state index in [1.165, 1.54) is 0 Å². The van der Waals surface area contributed by atoms with E-state index in [1.807, 2.05) is 37.3 Å². The summed E-state index contributed by atoms with van der Waals surface area (Å²) in [7, 11) is 0. The van der Waals surface area contributed by atoms with Gasteiger partial charge in [-0.15, -0.1) is 0 Å². The van der Waals surface area contributed by atoms with Gasteiger partial charge in [0, 0.05) is 17.3 Å². The molecule has 3 rings (SSSR count). The predicted octanol–water partition coefficient (Wildman–Crippen LogP) is 2.55. The number of allylic oxidation sites excluding steroid dienone is 1. The molecule has 0 unspecified atom stereocenters. The lowest BCUT2D eigenvalue weighted by atomic mass is 9.70. The Morgan fingerprint density at radius 3 is 2.48 bits per heavy atom. The summed E-state index contributed by atoms with van der Waals surface area (Å²) in [6, 6.07) is 9.49. The van der Waals surface area contributed by atoms with Crippen LogP contribution in [-0.4, -0.2) is 11.8 Å². The van der Waals surface area contributed by atoms with E-state index in [-0.39, 0.29) is 22.5 Å². The monoisotopic (exact) mass is 311 g/mol. The molecule has 0 spiro atoms. The number of benzene rings is 1. The zero-order valence-corrected chi connectivity index (χ0v) is 14.0. The highest BCUT2D eigenvalue weighted by molar-refractivity contribution is 6.05. The fraction of sp³-hybridized carbons (Fsp3) is 0.500. The maximum absolute atomic E-state index is 12.8. The Labute approximate surface area is 137 Å². The lowest BCUT2D eigenvalue weighted by molar-refractivity contribution is -0.309. The molecule has 0 radical (unpaired) electrons. The average molecular weight is 311 g/mol. The van der Waals surface area contributed by atoms with Gasteiger partial charge < -0.3 is 9.90 Å². The molecule has 0 amide bonds. The molecule has 23 heavy (non-hydrogen) atoms.